The Morgan fingerprint density at radius 3 is 2.67 bits per heavy atom. The normalized spacial score (nSPS) is 17.3. The van der Waals surface area contributed by atoms with E-state index in [1.807, 2.05) is 25.2 Å². The van der Waals surface area contributed by atoms with Crippen molar-refractivity contribution in [2.24, 2.45) is 5.92 Å². The van der Waals surface area contributed by atoms with Gasteiger partial charge in [-0.1, -0.05) is 19.1 Å². The van der Waals surface area contributed by atoms with Gasteiger partial charge in [-0.05, 0) is 42.9 Å². The van der Waals surface area contributed by atoms with Crippen LogP contribution in [-0.4, -0.2) is 27.0 Å². The first kappa shape index (κ1) is 19.1. The average molecular weight is 423 g/mol. The molecule has 1 aliphatic rings. The average Bonchev–Trinajstić information content (AvgIpc) is 3.05. The molecule has 30 heavy (non-hydrogen) atoms. The van der Waals surface area contributed by atoms with Crippen LogP contribution in [0.25, 0.3) is 21.1 Å². The molecule has 3 aromatic heterocycles. The molecule has 0 aliphatic heterocycles. The third kappa shape index (κ3) is 3.46. The smallest absolute Gasteiger partial charge is 0.260 e. The van der Waals surface area contributed by atoms with Crippen LogP contribution in [0.4, 0.5) is 0 Å². The quantitative estimate of drug-likeness (QED) is 0.465. The minimum atomic E-state index is -0.130. The van der Waals surface area contributed by atoms with Gasteiger partial charge in [-0.15, -0.1) is 11.3 Å². The molecule has 4 aromatic rings. The second-order valence-corrected chi connectivity index (χ2v) is 9.47. The van der Waals surface area contributed by atoms with E-state index in [0.717, 1.165) is 34.4 Å². The molecule has 1 unspecified atom stereocenters. The van der Waals surface area contributed by atoms with Crippen molar-refractivity contribution in [2.75, 3.05) is 7.05 Å². The predicted molar refractivity (Wildman–Crippen MR) is 118 cm³/mol. The lowest BCUT2D eigenvalue weighted by Crippen LogP contribution is -3.06. The monoisotopic (exact) mass is 422 g/mol. The van der Waals surface area contributed by atoms with Crippen LogP contribution in [0.2, 0.25) is 0 Å². The Balaban J connectivity index is 1.40. The van der Waals surface area contributed by atoms with E-state index in [2.05, 4.69) is 21.9 Å². The molecular formula is C22H24N5O2S+. The Morgan fingerprint density at radius 1 is 1.10 bits per heavy atom. The van der Waals surface area contributed by atoms with Crippen molar-refractivity contribution in [1.82, 2.24) is 19.9 Å². The zero-order valence-corrected chi connectivity index (χ0v) is 17.9. The van der Waals surface area contributed by atoms with Crippen LogP contribution in [-0.2, 0) is 25.9 Å². The highest BCUT2D eigenvalue weighted by Crippen LogP contribution is 2.35. The van der Waals surface area contributed by atoms with E-state index in [4.69, 9.17) is 4.98 Å². The van der Waals surface area contributed by atoms with Crippen LogP contribution in [0.1, 0.15) is 35.4 Å². The first-order valence-corrected chi connectivity index (χ1v) is 11.1. The molecule has 3 N–H and O–H groups in total. The van der Waals surface area contributed by atoms with Crippen LogP contribution in [0.5, 0.6) is 0 Å². The van der Waals surface area contributed by atoms with E-state index in [9.17, 15) is 9.59 Å². The molecule has 5 rings (SSSR count). The molecule has 8 heteroatoms. The van der Waals surface area contributed by atoms with Crippen LogP contribution in [0.3, 0.4) is 0 Å². The van der Waals surface area contributed by atoms with Crippen molar-refractivity contribution < 1.29 is 4.90 Å². The lowest BCUT2D eigenvalue weighted by Gasteiger charge is -2.17. The summed E-state index contributed by atoms with van der Waals surface area (Å²) in [5.41, 5.74) is 1.73. The molecular weight excluding hydrogens is 398 g/mol. The van der Waals surface area contributed by atoms with Gasteiger partial charge in [-0.25, -0.2) is 9.97 Å². The van der Waals surface area contributed by atoms with Crippen molar-refractivity contribution in [3.63, 3.8) is 0 Å². The molecule has 7 nitrogen and oxygen atoms in total. The lowest BCUT2D eigenvalue weighted by atomic mass is 9.89. The van der Waals surface area contributed by atoms with Gasteiger partial charge in [0.2, 0.25) is 0 Å². The Kier molecular flexibility index (Phi) is 4.75. The first-order valence-electron chi connectivity index (χ1n) is 10.3. The number of aromatic amines is 2. The zero-order chi connectivity index (χ0) is 20.8. The number of thiophene rings is 1. The maximum absolute atomic E-state index is 12.8. The Morgan fingerprint density at radius 2 is 1.83 bits per heavy atom. The molecule has 0 amide bonds. The molecule has 0 spiro atoms. The fraction of sp³-hybridized carbons (Fsp3) is 0.364. The van der Waals surface area contributed by atoms with Crippen LogP contribution in [0.15, 0.2) is 33.9 Å². The highest BCUT2D eigenvalue weighted by atomic mass is 32.1. The molecule has 3 heterocycles. The number of nitrogens with one attached hydrogen (secondary N) is 3. The molecule has 0 bridgehead atoms. The maximum Gasteiger partial charge on any atom is 0.260 e. The van der Waals surface area contributed by atoms with Crippen molar-refractivity contribution in [1.29, 1.82) is 0 Å². The van der Waals surface area contributed by atoms with Crippen LogP contribution < -0.4 is 16.0 Å². The topological polar surface area (TPSA) is 95.9 Å². The Bertz CT molecular complexity index is 1370. The van der Waals surface area contributed by atoms with Gasteiger partial charge < -0.3 is 14.9 Å². The molecule has 0 fully saturated rings. The highest BCUT2D eigenvalue weighted by Gasteiger charge is 2.23. The predicted octanol–water partition coefficient (Wildman–Crippen LogP) is 1.56. The fourth-order valence-electron chi connectivity index (χ4n) is 4.33. The summed E-state index contributed by atoms with van der Waals surface area (Å²) in [4.78, 5) is 43.5. The SMILES string of the molecule is C[C@H]1CCc2c(sc3nc(C[NH+](C)Cc4nc5ccccc5c(=O)[nH]4)[nH]c(=O)c23)C1. The third-order valence-corrected chi connectivity index (χ3v) is 6.96. The summed E-state index contributed by atoms with van der Waals surface area (Å²) in [6.07, 6.45) is 3.13. The molecule has 2 atom stereocenters. The van der Waals surface area contributed by atoms with Gasteiger partial charge in [0.25, 0.3) is 11.1 Å². The van der Waals surface area contributed by atoms with E-state index in [0.29, 0.717) is 41.6 Å². The van der Waals surface area contributed by atoms with Crippen molar-refractivity contribution in [3.8, 4) is 0 Å². The summed E-state index contributed by atoms with van der Waals surface area (Å²) in [7, 11) is 2.00. The number of hydrogen-bond donors (Lipinski definition) is 3. The molecule has 0 saturated carbocycles. The van der Waals surface area contributed by atoms with Gasteiger partial charge in [-0.3, -0.25) is 9.59 Å². The minimum absolute atomic E-state index is 0.0351. The number of rotatable bonds is 4. The molecule has 1 aliphatic carbocycles. The molecule has 1 aromatic carbocycles. The number of benzene rings is 1. The summed E-state index contributed by atoms with van der Waals surface area (Å²) < 4.78 is 0. The number of nitrogens with zero attached hydrogens (tertiary/aromatic N) is 2. The fourth-order valence-corrected chi connectivity index (χ4v) is 5.73. The van der Waals surface area contributed by atoms with Crippen molar-refractivity contribution in [3.05, 3.63) is 67.1 Å². The maximum atomic E-state index is 12.8. The van der Waals surface area contributed by atoms with Gasteiger partial charge in [0.1, 0.15) is 17.9 Å². The molecule has 0 saturated heterocycles. The number of aryl methyl sites for hydroxylation is 1. The van der Waals surface area contributed by atoms with Crippen LogP contribution in [0, 0.1) is 5.92 Å². The van der Waals surface area contributed by atoms with Crippen molar-refractivity contribution >= 4 is 32.5 Å². The zero-order valence-electron chi connectivity index (χ0n) is 17.0. The highest BCUT2D eigenvalue weighted by molar-refractivity contribution is 7.18. The lowest BCUT2D eigenvalue weighted by molar-refractivity contribution is -0.909. The van der Waals surface area contributed by atoms with E-state index in [1.165, 1.54) is 10.4 Å². The number of fused-ring (bicyclic) bond motifs is 4. The van der Waals surface area contributed by atoms with Crippen LogP contribution >= 0.6 is 11.3 Å². The number of H-pyrrole nitrogens is 2. The number of aromatic nitrogens is 4. The summed E-state index contributed by atoms with van der Waals surface area (Å²) in [6, 6.07) is 7.32. The van der Waals surface area contributed by atoms with E-state index in [1.54, 1.807) is 17.4 Å². The van der Waals surface area contributed by atoms with E-state index in [-0.39, 0.29) is 11.1 Å². The van der Waals surface area contributed by atoms with Crippen molar-refractivity contribution in [2.45, 2.75) is 39.3 Å². The number of para-hydroxylation sites is 1. The molecule has 0 radical (unpaired) electrons. The summed E-state index contributed by atoms with van der Waals surface area (Å²) in [5, 5.41) is 1.37. The van der Waals surface area contributed by atoms with Gasteiger partial charge in [0.05, 0.1) is 23.3 Å². The van der Waals surface area contributed by atoms with Gasteiger partial charge in [0, 0.05) is 4.88 Å². The van der Waals surface area contributed by atoms with E-state index < -0.39 is 0 Å². The third-order valence-electron chi connectivity index (χ3n) is 5.81. The van der Waals surface area contributed by atoms with Gasteiger partial charge in [0.15, 0.2) is 11.6 Å². The Hall–Kier alpha value is -2.84. The summed E-state index contributed by atoms with van der Waals surface area (Å²) in [5.74, 6) is 1.95. The first-order chi connectivity index (χ1) is 14.5. The minimum Gasteiger partial charge on any atom is -0.325 e. The largest absolute Gasteiger partial charge is 0.325 e. The summed E-state index contributed by atoms with van der Waals surface area (Å²) >= 11 is 1.67. The second-order valence-electron chi connectivity index (χ2n) is 8.38. The molecule has 154 valence electrons. The number of hydrogen-bond acceptors (Lipinski definition) is 5. The number of quaternary nitrogens is 1. The second kappa shape index (κ2) is 7.45. The van der Waals surface area contributed by atoms with Gasteiger partial charge in [-0.2, -0.15) is 0 Å². The van der Waals surface area contributed by atoms with Gasteiger partial charge >= 0.3 is 0 Å². The van der Waals surface area contributed by atoms with E-state index >= 15 is 0 Å². The standard InChI is InChI=1S/C22H23N5O2S/c1-12-7-8-14-16(9-12)30-22-19(14)21(29)25-18(26-22)11-27(2)10-17-23-15-6-4-3-5-13(15)20(28)24-17/h3-6,12H,7-11H2,1-2H3,(H,23,24,28)(H,25,26,29)/p+1/t12-/m0/s1. The Labute approximate surface area is 176 Å². The summed E-state index contributed by atoms with van der Waals surface area (Å²) in [6.45, 7) is 3.33.